The van der Waals surface area contributed by atoms with Crippen LogP contribution in [0.1, 0.15) is 24.0 Å². The van der Waals surface area contributed by atoms with Gasteiger partial charge in [-0.05, 0) is 11.1 Å². The van der Waals surface area contributed by atoms with Crippen LogP contribution >= 0.6 is 17.0 Å². The molecule has 0 saturated carbocycles. The minimum absolute atomic E-state index is 0. The first kappa shape index (κ1) is 22.6. The molecule has 0 amide bonds. The van der Waals surface area contributed by atoms with Gasteiger partial charge in [0.05, 0.1) is 26.1 Å². The maximum atomic E-state index is 11.3. The number of likely N-dealkylation sites (N-methyl/N-ethyl adjacent to an activating group) is 1. The highest BCUT2D eigenvalue weighted by Crippen LogP contribution is 2.32. The number of aliphatic hydroxyl groups is 2. The topological polar surface area (TPSA) is 80.6 Å². The number of hydrogen-bond donors (Lipinski definition) is 2. The van der Waals surface area contributed by atoms with Crippen LogP contribution in [0, 0.1) is 5.92 Å². The van der Waals surface area contributed by atoms with Crippen molar-refractivity contribution in [3.63, 3.8) is 0 Å². The summed E-state index contributed by atoms with van der Waals surface area (Å²) in [5.74, 6) is -0.894. The number of aliphatic hydroxyl groups excluding tert-OH is 1. The molecule has 2 aromatic rings. The molecule has 1 atom stereocenters. The number of halogens is 1. The van der Waals surface area contributed by atoms with E-state index in [2.05, 4.69) is 7.05 Å². The maximum absolute atomic E-state index is 11.3. The van der Waals surface area contributed by atoms with Gasteiger partial charge < -0.3 is 24.6 Å². The summed E-state index contributed by atoms with van der Waals surface area (Å²) in [5, 5.41) is 31.2. The number of quaternary nitrogens is 1. The van der Waals surface area contributed by atoms with Crippen molar-refractivity contribution in [2.75, 3.05) is 26.7 Å². The molecule has 3 heterocycles. The number of nitrogens with zero attached hydrogens (tertiary/aromatic N) is 1. The number of carboxylic acids is 1. The van der Waals surface area contributed by atoms with Gasteiger partial charge in [0, 0.05) is 18.8 Å². The van der Waals surface area contributed by atoms with E-state index in [1.165, 1.54) is 25.9 Å². The van der Waals surface area contributed by atoms with Gasteiger partial charge in [0.25, 0.3) is 0 Å². The van der Waals surface area contributed by atoms with Gasteiger partial charge in [0.15, 0.2) is 5.60 Å². The normalized spacial score (nSPS) is 25.8. The summed E-state index contributed by atoms with van der Waals surface area (Å²) in [6.45, 7) is 3.59. The number of piperidine rings is 3. The van der Waals surface area contributed by atoms with E-state index in [1.807, 2.05) is 0 Å². The van der Waals surface area contributed by atoms with Gasteiger partial charge in [-0.3, -0.25) is 0 Å². The van der Waals surface area contributed by atoms with Crippen molar-refractivity contribution in [3.8, 4) is 0 Å². The summed E-state index contributed by atoms with van der Waals surface area (Å²) < 4.78 is 1.12. The van der Waals surface area contributed by atoms with E-state index in [0.717, 1.165) is 11.0 Å². The van der Waals surface area contributed by atoms with Crippen LogP contribution in [-0.2, 0) is 10.4 Å². The van der Waals surface area contributed by atoms with Crippen molar-refractivity contribution in [1.29, 1.82) is 0 Å². The summed E-state index contributed by atoms with van der Waals surface area (Å²) in [6.07, 6.45) is 2.50. The molecule has 2 bridgehead atoms. The Morgan fingerprint density at radius 2 is 1.43 bits per heavy atom. The zero-order valence-corrected chi connectivity index (χ0v) is 17.7. The van der Waals surface area contributed by atoms with Crippen LogP contribution < -0.4 is 5.11 Å². The predicted molar refractivity (Wildman–Crippen MR) is 111 cm³/mol. The van der Waals surface area contributed by atoms with E-state index >= 15 is 0 Å². The average molecular weight is 450 g/mol. The van der Waals surface area contributed by atoms with E-state index in [9.17, 15) is 20.1 Å². The second kappa shape index (κ2) is 9.18. The molecule has 0 spiro atoms. The SMILES string of the molecule is Br.C[N+]12CCC(CC1)C(O)C2.O=C([O-])C(O)(c1ccccc1)c1ccccc1. The third-order valence-corrected chi connectivity index (χ3v) is 5.93. The molecule has 1 unspecified atom stereocenters. The molecular weight excluding hydrogens is 422 g/mol. The molecule has 5 nitrogen and oxygen atoms in total. The zero-order chi connectivity index (χ0) is 19.5. The molecule has 2 aromatic carbocycles. The van der Waals surface area contributed by atoms with Crippen molar-refractivity contribution in [2.45, 2.75) is 24.5 Å². The van der Waals surface area contributed by atoms with E-state index in [-0.39, 0.29) is 34.2 Å². The summed E-state index contributed by atoms with van der Waals surface area (Å²) in [4.78, 5) is 11.3. The minimum Gasteiger partial charge on any atom is -0.546 e. The lowest BCUT2D eigenvalue weighted by atomic mass is 9.84. The monoisotopic (exact) mass is 449 g/mol. The molecule has 5 rings (SSSR count). The molecule has 3 aliphatic rings. The fourth-order valence-electron chi connectivity index (χ4n) is 4.14. The molecule has 0 aromatic heterocycles. The van der Waals surface area contributed by atoms with Crippen molar-refractivity contribution >= 4 is 23.0 Å². The Kier molecular flexibility index (Phi) is 7.39. The lowest BCUT2D eigenvalue weighted by molar-refractivity contribution is -0.928. The van der Waals surface area contributed by atoms with Gasteiger partial charge in [-0.15, -0.1) is 17.0 Å². The first-order valence-electron chi connectivity index (χ1n) is 9.42. The number of rotatable bonds is 3. The van der Waals surface area contributed by atoms with Crippen molar-refractivity contribution in [3.05, 3.63) is 71.8 Å². The van der Waals surface area contributed by atoms with E-state index < -0.39 is 11.6 Å². The summed E-state index contributed by atoms with van der Waals surface area (Å²) >= 11 is 0. The lowest BCUT2D eigenvalue weighted by Gasteiger charge is -2.48. The van der Waals surface area contributed by atoms with Crippen LogP contribution in [0.4, 0.5) is 0 Å². The molecule has 3 aliphatic heterocycles. The number of carbonyl (C=O) groups excluding carboxylic acids is 1. The fraction of sp³-hybridized carbons (Fsp3) is 0.409. The highest BCUT2D eigenvalue weighted by atomic mass is 79.9. The minimum atomic E-state index is -2.11. The van der Waals surface area contributed by atoms with Crippen LogP contribution in [0.15, 0.2) is 60.7 Å². The molecule has 0 aliphatic carbocycles. The fourth-order valence-corrected chi connectivity index (χ4v) is 4.14. The Hall–Kier alpha value is -1.73. The Morgan fingerprint density at radius 1 is 1.00 bits per heavy atom. The van der Waals surface area contributed by atoms with E-state index in [0.29, 0.717) is 5.92 Å². The Balaban J connectivity index is 0.000000217. The predicted octanol–water partition coefficient (Wildman–Crippen LogP) is 1.47. The van der Waals surface area contributed by atoms with Crippen LogP contribution in [0.3, 0.4) is 0 Å². The Morgan fingerprint density at radius 3 is 1.71 bits per heavy atom. The van der Waals surface area contributed by atoms with Crippen LogP contribution in [0.2, 0.25) is 0 Å². The molecular formula is C22H28BrNO4. The Bertz CT molecular complexity index is 721. The maximum Gasteiger partial charge on any atom is 0.154 e. The van der Waals surface area contributed by atoms with Gasteiger partial charge in [0.1, 0.15) is 12.6 Å². The molecule has 152 valence electrons. The molecule has 3 fully saturated rings. The number of aliphatic carboxylic acids is 1. The van der Waals surface area contributed by atoms with Gasteiger partial charge in [-0.25, -0.2) is 0 Å². The first-order chi connectivity index (χ1) is 12.8. The van der Waals surface area contributed by atoms with Crippen LogP contribution in [0.5, 0.6) is 0 Å². The average Bonchev–Trinajstić information content (AvgIpc) is 2.69. The van der Waals surface area contributed by atoms with E-state index in [1.54, 1.807) is 60.7 Å². The second-order valence-corrected chi connectivity index (χ2v) is 7.88. The molecule has 2 N–H and O–H groups in total. The highest BCUT2D eigenvalue weighted by molar-refractivity contribution is 8.93. The van der Waals surface area contributed by atoms with Crippen molar-refractivity contribution < 1.29 is 24.6 Å². The summed E-state index contributed by atoms with van der Waals surface area (Å²) in [6, 6.07) is 16.4. The van der Waals surface area contributed by atoms with Crippen molar-refractivity contribution in [1.82, 2.24) is 0 Å². The van der Waals surface area contributed by atoms with Crippen LogP contribution in [-0.4, -0.2) is 53.5 Å². The van der Waals surface area contributed by atoms with Crippen molar-refractivity contribution in [2.24, 2.45) is 5.92 Å². The standard InChI is InChI=1S/C14H12O3.C8H16NO.BrH/c15-13(16)14(17,11-7-3-1-4-8-11)12-9-5-2-6-10-12;1-9-4-2-7(3-5-9)8(10)6-9;/h1-10,17H,(H,15,16);7-8,10H,2-6H2,1H3;1H/q;+1;/p-1. The molecule has 28 heavy (non-hydrogen) atoms. The Labute approximate surface area is 176 Å². The number of carbonyl (C=O) groups is 1. The number of fused-ring (bicyclic) bond motifs is 3. The quantitative estimate of drug-likeness (QED) is 0.695. The summed E-state index contributed by atoms with van der Waals surface area (Å²) in [7, 11) is 2.26. The highest BCUT2D eigenvalue weighted by Gasteiger charge is 2.42. The summed E-state index contributed by atoms with van der Waals surface area (Å²) in [5.41, 5.74) is -1.54. The molecule has 6 heteroatoms. The van der Waals surface area contributed by atoms with Crippen LogP contribution in [0.25, 0.3) is 0 Å². The first-order valence-corrected chi connectivity index (χ1v) is 9.42. The molecule has 0 radical (unpaired) electrons. The largest absolute Gasteiger partial charge is 0.546 e. The van der Waals surface area contributed by atoms with Gasteiger partial charge in [-0.1, -0.05) is 60.7 Å². The lowest BCUT2D eigenvalue weighted by Crippen LogP contribution is -2.61. The van der Waals surface area contributed by atoms with E-state index in [4.69, 9.17) is 0 Å². The van der Waals surface area contributed by atoms with Gasteiger partial charge in [0.2, 0.25) is 0 Å². The third kappa shape index (κ3) is 4.63. The number of benzene rings is 2. The number of hydrogen-bond acceptors (Lipinski definition) is 4. The van der Waals surface area contributed by atoms with Gasteiger partial charge in [-0.2, -0.15) is 0 Å². The molecule has 3 saturated heterocycles. The number of carboxylic acid groups (broad SMARTS) is 1. The zero-order valence-electron chi connectivity index (χ0n) is 16.0. The smallest absolute Gasteiger partial charge is 0.154 e. The van der Waals surface area contributed by atoms with Gasteiger partial charge >= 0.3 is 0 Å². The third-order valence-electron chi connectivity index (χ3n) is 5.93. The second-order valence-electron chi connectivity index (χ2n) is 7.88.